The van der Waals surface area contributed by atoms with Gasteiger partial charge in [0.2, 0.25) is 5.95 Å². The Morgan fingerprint density at radius 1 is 1.26 bits per heavy atom. The van der Waals surface area contributed by atoms with E-state index in [4.69, 9.17) is 5.73 Å². The molecule has 5 heteroatoms. The lowest BCUT2D eigenvalue weighted by Gasteiger charge is -2.18. The maximum absolute atomic E-state index is 5.75. The predicted octanol–water partition coefficient (Wildman–Crippen LogP) is 1.96. The van der Waals surface area contributed by atoms with Crippen molar-refractivity contribution in [2.75, 3.05) is 31.7 Å². The quantitative estimate of drug-likeness (QED) is 0.859. The zero-order valence-electron chi connectivity index (χ0n) is 11.7. The van der Waals surface area contributed by atoms with E-state index >= 15 is 0 Å². The van der Waals surface area contributed by atoms with Gasteiger partial charge >= 0.3 is 0 Å². The van der Waals surface area contributed by atoms with E-state index < -0.39 is 0 Å². The van der Waals surface area contributed by atoms with Crippen molar-refractivity contribution in [3.8, 4) is 0 Å². The minimum absolute atomic E-state index is 0.306. The largest absolute Gasteiger partial charge is 0.368 e. The van der Waals surface area contributed by atoms with E-state index in [0.29, 0.717) is 12.0 Å². The van der Waals surface area contributed by atoms with Gasteiger partial charge in [-0.1, -0.05) is 12.1 Å². The van der Waals surface area contributed by atoms with E-state index in [9.17, 15) is 0 Å². The third-order valence-electron chi connectivity index (χ3n) is 3.01. The Balaban J connectivity index is 2.20. The van der Waals surface area contributed by atoms with Crippen LogP contribution in [0.1, 0.15) is 13.3 Å². The Kier molecular flexibility index (Phi) is 4.16. The first-order valence-corrected chi connectivity index (χ1v) is 6.50. The molecule has 3 N–H and O–H groups in total. The number of nitrogen functional groups attached to an aromatic ring is 1. The van der Waals surface area contributed by atoms with Crippen molar-refractivity contribution in [3.05, 3.63) is 24.3 Å². The van der Waals surface area contributed by atoms with Gasteiger partial charge in [-0.2, -0.15) is 4.98 Å². The number of fused-ring (bicyclic) bond motifs is 1. The number of aromatic nitrogens is 2. The molecule has 0 spiro atoms. The second-order valence-electron chi connectivity index (χ2n) is 5.08. The molecule has 0 aliphatic carbocycles. The van der Waals surface area contributed by atoms with Crippen LogP contribution in [0.2, 0.25) is 0 Å². The number of nitrogens with two attached hydrogens (primary N) is 1. The van der Waals surface area contributed by atoms with Crippen LogP contribution in [0, 0.1) is 0 Å². The second-order valence-corrected chi connectivity index (χ2v) is 5.08. The number of benzene rings is 1. The number of rotatable bonds is 5. The number of nitrogens with zero attached hydrogens (tertiary/aromatic N) is 3. The molecule has 5 nitrogen and oxygen atoms in total. The topological polar surface area (TPSA) is 67.1 Å². The van der Waals surface area contributed by atoms with Gasteiger partial charge in [0.05, 0.1) is 5.52 Å². The maximum atomic E-state index is 5.75. The molecular weight excluding hydrogens is 238 g/mol. The molecule has 1 atom stereocenters. The summed E-state index contributed by atoms with van der Waals surface area (Å²) in [5, 5.41) is 4.43. The number of hydrogen-bond donors (Lipinski definition) is 2. The molecule has 2 aromatic rings. The van der Waals surface area contributed by atoms with Crippen molar-refractivity contribution in [2.45, 2.75) is 19.4 Å². The van der Waals surface area contributed by atoms with Gasteiger partial charge in [0, 0.05) is 11.4 Å². The molecule has 19 heavy (non-hydrogen) atoms. The lowest BCUT2D eigenvalue weighted by molar-refractivity contribution is 0.390. The molecule has 0 aliphatic rings. The van der Waals surface area contributed by atoms with Crippen LogP contribution in [-0.4, -0.2) is 41.5 Å². The lowest BCUT2D eigenvalue weighted by atomic mass is 10.2. The molecule has 0 fully saturated rings. The van der Waals surface area contributed by atoms with Crippen molar-refractivity contribution in [3.63, 3.8) is 0 Å². The summed E-state index contributed by atoms with van der Waals surface area (Å²) in [5.41, 5.74) is 6.62. The third-order valence-corrected chi connectivity index (χ3v) is 3.01. The maximum Gasteiger partial charge on any atom is 0.222 e. The van der Waals surface area contributed by atoms with Gasteiger partial charge in [0.15, 0.2) is 0 Å². The minimum Gasteiger partial charge on any atom is -0.368 e. The van der Waals surface area contributed by atoms with Crippen LogP contribution in [-0.2, 0) is 0 Å². The number of para-hydroxylation sites is 1. The Labute approximate surface area is 113 Å². The molecule has 0 amide bonds. The molecular formula is C14H21N5. The van der Waals surface area contributed by atoms with Crippen LogP contribution in [0.25, 0.3) is 10.9 Å². The molecule has 1 aromatic carbocycles. The molecule has 0 saturated heterocycles. The molecule has 1 unspecified atom stereocenters. The highest BCUT2D eigenvalue weighted by atomic mass is 15.1. The summed E-state index contributed by atoms with van der Waals surface area (Å²) < 4.78 is 0. The first kappa shape index (κ1) is 13.5. The monoisotopic (exact) mass is 259 g/mol. The SMILES string of the molecule is CC(CCN(C)C)Nc1nc(N)nc2ccccc12. The van der Waals surface area contributed by atoms with E-state index in [1.165, 1.54) is 0 Å². The first-order valence-electron chi connectivity index (χ1n) is 6.50. The summed E-state index contributed by atoms with van der Waals surface area (Å²) in [6.45, 7) is 3.18. The molecule has 102 valence electrons. The Bertz CT molecular complexity index is 553. The van der Waals surface area contributed by atoms with Crippen LogP contribution < -0.4 is 11.1 Å². The zero-order valence-corrected chi connectivity index (χ0v) is 11.7. The highest BCUT2D eigenvalue weighted by Crippen LogP contribution is 2.21. The second kappa shape index (κ2) is 5.84. The van der Waals surface area contributed by atoms with Crippen LogP contribution >= 0.6 is 0 Å². The van der Waals surface area contributed by atoms with Gasteiger partial charge in [0.1, 0.15) is 5.82 Å². The zero-order chi connectivity index (χ0) is 13.8. The van der Waals surface area contributed by atoms with Gasteiger partial charge < -0.3 is 16.0 Å². The van der Waals surface area contributed by atoms with Gasteiger partial charge in [-0.15, -0.1) is 0 Å². The Morgan fingerprint density at radius 3 is 2.74 bits per heavy atom. The summed E-state index contributed by atoms with van der Waals surface area (Å²) in [6, 6.07) is 8.23. The van der Waals surface area contributed by atoms with E-state index in [-0.39, 0.29) is 0 Å². The van der Waals surface area contributed by atoms with Gasteiger partial charge in [-0.25, -0.2) is 4.98 Å². The molecule has 1 heterocycles. The summed E-state index contributed by atoms with van der Waals surface area (Å²) in [6.07, 6.45) is 1.05. The highest BCUT2D eigenvalue weighted by Gasteiger charge is 2.09. The molecule has 1 aromatic heterocycles. The molecule has 0 saturated carbocycles. The number of hydrogen-bond acceptors (Lipinski definition) is 5. The first-order chi connectivity index (χ1) is 9.06. The summed E-state index contributed by atoms with van der Waals surface area (Å²) in [7, 11) is 4.15. The van der Waals surface area contributed by atoms with Crippen molar-refractivity contribution in [2.24, 2.45) is 0 Å². The third kappa shape index (κ3) is 3.54. The van der Waals surface area contributed by atoms with Crippen molar-refractivity contribution >= 4 is 22.7 Å². The fourth-order valence-corrected chi connectivity index (χ4v) is 1.96. The fraction of sp³-hybridized carbons (Fsp3) is 0.429. The summed E-state index contributed by atoms with van der Waals surface area (Å²) in [4.78, 5) is 10.7. The predicted molar refractivity (Wildman–Crippen MR) is 80.2 cm³/mol. The van der Waals surface area contributed by atoms with Gasteiger partial charge in [0.25, 0.3) is 0 Å². The molecule has 2 rings (SSSR count). The van der Waals surface area contributed by atoms with Gasteiger partial charge in [-0.3, -0.25) is 0 Å². The average molecular weight is 259 g/mol. The molecule has 0 aliphatic heterocycles. The summed E-state index contributed by atoms with van der Waals surface area (Å²) >= 11 is 0. The fourth-order valence-electron chi connectivity index (χ4n) is 1.96. The van der Waals surface area contributed by atoms with Crippen molar-refractivity contribution < 1.29 is 0 Å². The lowest BCUT2D eigenvalue weighted by Crippen LogP contribution is -2.23. The van der Waals surface area contributed by atoms with Crippen LogP contribution in [0.15, 0.2) is 24.3 Å². The van der Waals surface area contributed by atoms with Crippen molar-refractivity contribution in [1.29, 1.82) is 0 Å². The van der Waals surface area contributed by atoms with E-state index in [1.807, 2.05) is 24.3 Å². The van der Waals surface area contributed by atoms with Crippen LogP contribution in [0.3, 0.4) is 0 Å². The Morgan fingerprint density at radius 2 is 2.00 bits per heavy atom. The Hall–Kier alpha value is -1.88. The smallest absolute Gasteiger partial charge is 0.222 e. The van der Waals surface area contributed by atoms with Crippen molar-refractivity contribution in [1.82, 2.24) is 14.9 Å². The normalized spacial score (nSPS) is 12.8. The van der Waals surface area contributed by atoms with E-state index in [1.54, 1.807) is 0 Å². The van der Waals surface area contributed by atoms with E-state index in [0.717, 1.165) is 29.7 Å². The standard InChI is InChI=1S/C14H21N5/c1-10(8-9-19(2)3)16-13-11-6-4-5-7-12(11)17-14(15)18-13/h4-7,10H,8-9H2,1-3H3,(H3,15,16,17,18). The summed E-state index contributed by atoms with van der Waals surface area (Å²) in [5.74, 6) is 1.12. The van der Waals surface area contributed by atoms with Gasteiger partial charge in [-0.05, 0) is 46.1 Å². The molecule has 0 bridgehead atoms. The van der Waals surface area contributed by atoms with Crippen LogP contribution in [0.4, 0.5) is 11.8 Å². The average Bonchev–Trinajstić information content (AvgIpc) is 2.36. The number of nitrogens with one attached hydrogen (secondary N) is 1. The molecule has 0 radical (unpaired) electrons. The van der Waals surface area contributed by atoms with Crippen LogP contribution in [0.5, 0.6) is 0 Å². The highest BCUT2D eigenvalue weighted by molar-refractivity contribution is 5.89. The van der Waals surface area contributed by atoms with E-state index in [2.05, 4.69) is 41.2 Å². The minimum atomic E-state index is 0.306. The number of anilines is 2.